The van der Waals surface area contributed by atoms with Gasteiger partial charge >= 0.3 is 17.9 Å². The highest BCUT2D eigenvalue weighted by molar-refractivity contribution is 5.72. The number of hydrogen-bond acceptors (Lipinski definition) is 6. The molecular weight excluding hydrogens is 654 g/mol. The highest BCUT2D eigenvalue weighted by atomic mass is 16.6. The first-order valence-electron chi connectivity index (χ1n) is 21.4. The second-order valence-electron chi connectivity index (χ2n) is 15.6. The molecule has 52 heavy (non-hydrogen) atoms. The van der Waals surface area contributed by atoms with Gasteiger partial charge in [-0.25, -0.2) is 4.79 Å². The molecule has 1 N–H and O–H groups in total. The van der Waals surface area contributed by atoms with Gasteiger partial charge in [-0.05, 0) is 38.5 Å². The van der Waals surface area contributed by atoms with Crippen LogP contribution < -0.4 is 0 Å². The maximum atomic E-state index is 12.6. The van der Waals surface area contributed by atoms with E-state index in [0.29, 0.717) is 19.3 Å². The lowest BCUT2D eigenvalue weighted by atomic mass is 10.0. The number of hydrogen-bond donors (Lipinski definition) is 1. The van der Waals surface area contributed by atoms with Crippen molar-refractivity contribution in [2.75, 3.05) is 41.0 Å². The van der Waals surface area contributed by atoms with Gasteiger partial charge in [0.1, 0.15) is 6.61 Å². The summed E-state index contributed by atoms with van der Waals surface area (Å²) in [5.41, 5.74) is 0. The van der Waals surface area contributed by atoms with Crippen molar-refractivity contribution in [1.82, 2.24) is 0 Å². The number of likely N-dealkylation sites (N-methyl/N-ethyl adjacent to an activating group) is 1. The number of unbranched alkanes of at least 4 members (excludes halogenated alkanes) is 20. The van der Waals surface area contributed by atoms with Crippen LogP contribution in [0.2, 0.25) is 0 Å². The van der Waals surface area contributed by atoms with Gasteiger partial charge in [-0.2, -0.15) is 0 Å². The first kappa shape index (κ1) is 49.8. The molecule has 0 aromatic carbocycles. The van der Waals surface area contributed by atoms with E-state index in [1.54, 1.807) is 0 Å². The van der Waals surface area contributed by atoms with Crippen molar-refractivity contribution < 1.29 is 38.2 Å². The molecule has 0 aromatic rings. The number of quaternary nitrogens is 1. The zero-order valence-corrected chi connectivity index (χ0v) is 34.5. The fourth-order valence-corrected chi connectivity index (χ4v) is 6.31. The van der Waals surface area contributed by atoms with Crippen LogP contribution in [0, 0.1) is 0 Å². The zero-order chi connectivity index (χ0) is 38.5. The third kappa shape index (κ3) is 33.6. The lowest BCUT2D eigenvalue weighted by Crippen LogP contribution is -2.50. The van der Waals surface area contributed by atoms with E-state index in [-0.39, 0.29) is 42.7 Å². The monoisotopic (exact) mass is 737 g/mol. The van der Waals surface area contributed by atoms with Gasteiger partial charge in [0.2, 0.25) is 0 Å². The van der Waals surface area contributed by atoms with Crippen LogP contribution >= 0.6 is 0 Å². The SMILES string of the molecule is CC/C=C/C/C=C/CCCCC(=O)OC(COCCC(C(=O)O)[N+](C)(C)C)COC(=O)CCCCCCCCCCCCCCCCCCCCC. The van der Waals surface area contributed by atoms with Crippen LogP contribution in [-0.4, -0.2) is 80.6 Å². The third-order valence-corrected chi connectivity index (χ3v) is 9.62. The molecule has 8 heteroatoms. The van der Waals surface area contributed by atoms with Gasteiger partial charge in [-0.3, -0.25) is 9.59 Å². The minimum Gasteiger partial charge on any atom is -0.477 e. The first-order valence-corrected chi connectivity index (χ1v) is 21.4. The predicted octanol–water partition coefficient (Wildman–Crippen LogP) is 11.3. The number of allylic oxidation sites excluding steroid dienone is 4. The molecule has 2 unspecified atom stereocenters. The van der Waals surface area contributed by atoms with Gasteiger partial charge in [0.05, 0.1) is 34.4 Å². The van der Waals surface area contributed by atoms with Gasteiger partial charge in [0, 0.05) is 19.3 Å². The van der Waals surface area contributed by atoms with Crippen LogP contribution in [0.5, 0.6) is 0 Å². The molecule has 0 radical (unpaired) electrons. The average molecular weight is 737 g/mol. The van der Waals surface area contributed by atoms with E-state index < -0.39 is 18.1 Å². The Morgan fingerprint density at radius 3 is 1.58 bits per heavy atom. The van der Waals surface area contributed by atoms with E-state index in [1.807, 2.05) is 21.1 Å². The molecule has 8 nitrogen and oxygen atoms in total. The third-order valence-electron chi connectivity index (χ3n) is 9.62. The number of aliphatic carboxylic acids is 1. The second kappa shape index (κ2) is 35.8. The summed E-state index contributed by atoms with van der Waals surface area (Å²) < 4.78 is 17.2. The topological polar surface area (TPSA) is 99.1 Å². The number of carbonyl (C=O) groups excluding carboxylic acids is 2. The van der Waals surface area contributed by atoms with Crippen molar-refractivity contribution in [3.63, 3.8) is 0 Å². The number of ether oxygens (including phenoxy) is 3. The Hall–Kier alpha value is -2.19. The molecular formula is C44H82NO7+. The molecule has 0 saturated heterocycles. The molecule has 0 heterocycles. The van der Waals surface area contributed by atoms with Crippen LogP contribution in [0.15, 0.2) is 24.3 Å². The number of carbonyl (C=O) groups is 3. The minimum absolute atomic E-state index is 0.0514. The van der Waals surface area contributed by atoms with Gasteiger partial charge in [0.15, 0.2) is 12.1 Å². The molecule has 0 saturated carbocycles. The summed E-state index contributed by atoms with van der Waals surface area (Å²) in [6.07, 6.45) is 38.1. The summed E-state index contributed by atoms with van der Waals surface area (Å²) in [5, 5.41) is 9.59. The highest BCUT2D eigenvalue weighted by Gasteiger charge is 2.31. The Morgan fingerprint density at radius 2 is 1.08 bits per heavy atom. The Morgan fingerprint density at radius 1 is 0.596 bits per heavy atom. The Labute approximate surface area is 320 Å². The number of carboxylic acid groups (broad SMARTS) is 1. The number of esters is 2. The van der Waals surface area contributed by atoms with Crippen LogP contribution in [0.25, 0.3) is 0 Å². The zero-order valence-electron chi connectivity index (χ0n) is 34.5. The second-order valence-corrected chi connectivity index (χ2v) is 15.6. The Bertz CT molecular complexity index is 911. The van der Waals surface area contributed by atoms with Crippen molar-refractivity contribution in [2.45, 2.75) is 199 Å². The molecule has 2 atom stereocenters. The van der Waals surface area contributed by atoms with E-state index in [1.165, 1.54) is 103 Å². The maximum absolute atomic E-state index is 12.6. The number of nitrogens with zero attached hydrogens (tertiary/aromatic N) is 1. The average Bonchev–Trinajstić information content (AvgIpc) is 3.09. The lowest BCUT2D eigenvalue weighted by Gasteiger charge is -2.31. The van der Waals surface area contributed by atoms with Crippen molar-refractivity contribution in [1.29, 1.82) is 0 Å². The summed E-state index contributed by atoms with van der Waals surface area (Å²) >= 11 is 0. The van der Waals surface area contributed by atoms with Gasteiger partial charge in [-0.15, -0.1) is 0 Å². The van der Waals surface area contributed by atoms with E-state index in [2.05, 4.69) is 38.2 Å². The van der Waals surface area contributed by atoms with E-state index >= 15 is 0 Å². The van der Waals surface area contributed by atoms with Crippen LogP contribution in [-0.2, 0) is 28.6 Å². The summed E-state index contributed by atoms with van der Waals surface area (Å²) in [5.74, 6) is -1.51. The Kier molecular flexibility index (Phi) is 34.3. The fourth-order valence-electron chi connectivity index (χ4n) is 6.31. The molecule has 0 aliphatic heterocycles. The molecule has 0 amide bonds. The number of rotatable bonds is 38. The predicted molar refractivity (Wildman–Crippen MR) is 215 cm³/mol. The van der Waals surface area contributed by atoms with Crippen LogP contribution in [0.4, 0.5) is 0 Å². The summed E-state index contributed by atoms with van der Waals surface area (Å²) in [6.45, 7) is 4.59. The highest BCUT2D eigenvalue weighted by Crippen LogP contribution is 2.15. The van der Waals surface area contributed by atoms with Gasteiger partial charge in [-0.1, -0.05) is 154 Å². The van der Waals surface area contributed by atoms with Gasteiger partial charge in [0.25, 0.3) is 0 Å². The molecule has 0 rings (SSSR count). The largest absolute Gasteiger partial charge is 0.477 e. The quantitative estimate of drug-likeness (QED) is 0.0291. The van der Waals surface area contributed by atoms with Gasteiger partial charge < -0.3 is 23.8 Å². The molecule has 0 fully saturated rings. The summed E-state index contributed by atoms with van der Waals surface area (Å²) in [4.78, 5) is 36.8. The molecule has 0 spiro atoms. The van der Waals surface area contributed by atoms with Crippen LogP contribution in [0.3, 0.4) is 0 Å². The standard InChI is InChI=1S/C44H81NO7/c1-6-8-10-12-14-16-17-18-19-20-21-22-23-24-25-27-28-30-32-34-42(46)51-39-40(38-50-37-36-41(44(48)49)45(3,4)5)52-43(47)35-33-31-29-26-15-13-11-9-7-2/h9,11,15,26,40-41H,6-8,10,12-14,16-25,27-39H2,1-5H3/p+1/b11-9+,26-15+. The lowest BCUT2D eigenvalue weighted by molar-refractivity contribution is -0.887. The molecule has 0 aliphatic carbocycles. The van der Waals surface area contributed by atoms with Crippen molar-refractivity contribution >= 4 is 17.9 Å². The van der Waals surface area contributed by atoms with Crippen molar-refractivity contribution in [3.8, 4) is 0 Å². The smallest absolute Gasteiger partial charge is 0.362 e. The van der Waals surface area contributed by atoms with Crippen molar-refractivity contribution in [2.24, 2.45) is 0 Å². The fraction of sp³-hybridized carbons (Fsp3) is 0.841. The van der Waals surface area contributed by atoms with Crippen LogP contribution in [0.1, 0.15) is 187 Å². The van der Waals surface area contributed by atoms with E-state index in [4.69, 9.17) is 14.2 Å². The number of carboxylic acids is 1. The minimum atomic E-state index is -0.880. The summed E-state index contributed by atoms with van der Waals surface area (Å²) in [6, 6.07) is -0.616. The Balaban J connectivity index is 4.23. The van der Waals surface area contributed by atoms with E-state index in [9.17, 15) is 19.5 Å². The molecule has 0 aliphatic rings. The first-order chi connectivity index (χ1) is 25.1. The molecule has 0 aromatic heterocycles. The molecule has 304 valence electrons. The van der Waals surface area contributed by atoms with E-state index in [0.717, 1.165) is 44.9 Å². The molecule has 0 bridgehead atoms. The summed E-state index contributed by atoms with van der Waals surface area (Å²) in [7, 11) is 5.51. The normalized spacial score (nSPS) is 13.2. The maximum Gasteiger partial charge on any atom is 0.362 e. The van der Waals surface area contributed by atoms with Crippen molar-refractivity contribution in [3.05, 3.63) is 24.3 Å².